The Balaban J connectivity index is 2.30. The number of aromatic nitrogens is 1. The van der Waals surface area contributed by atoms with Gasteiger partial charge in [0.15, 0.2) is 0 Å². The molecule has 0 aliphatic carbocycles. The van der Waals surface area contributed by atoms with Crippen molar-refractivity contribution >= 4 is 17.4 Å². The maximum absolute atomic E-state index is 5.86. The lowest BCUT2D eigenvalue weighted by atomic mass is 10.0. The molecule has 0 atom stereocenters. The lowest BCUT2D eigenvalue weighted by molar-refractivity contribution is 1.12. The molecule has 2 aromatic rings. The molecular formula is C13H13ClN2. The summed E-state index contributed by atoms with van der Waals surface area (Å²) in [6.07, 6.45) is 2.53. The number of nitrogens with zero attached hydrogens (tertiary/aromatic N) is 1. The minimum absolute atomic E-state index is 0.606. The van der Waals surface area contributed by atoms with Crippen LogP contribution in [0.25, 0.3) is 0 Å². The molecule has 2 N–H and O–H groups in total. The molecule has 3 heteroatoms. The van der Waals surface area contributed by atoms with Crippen LogP contribution < -0.4 is 5.73 Å². The average molecular weight is 233 g/mol. The van der Waals surface area contributed by atoms with E-state index in [0.717, 1.165) is 17.0 Å². The van der Waals surface area contributed by atoms with Crippen LogP contribution in [0.1, 0.15) is 16.7 Å². The summed E-state index contributed by atoms with van der Waals surface area (Å²) in [5.41, 5.74) is 9.31. The number of nitrogen functional groups attached to an aromatic ring is 1. The zero-order valence-electron chi connectivity index (χ0n) is 9.07. The van der Waals surface area contributed by atoms with Crippen molar-refractivity contribution in [2.24, 2.45) is 0 Å². The molecule has 0 aliphatic heterocycles. The van der Waals surface area contributed by atoms with E-state index in [1.165, 1.54) is 11.1 Å². The fourth-order valence-electron chi connectivity index (χ4n) is 1.65. The molecule has 0 fully saturated rings. The van der Waals surface area contributed by atoms with Gasteiger partial charge in [-0.05, 0) is 36.2 Å². The van der Waals surface area contributed by atoms with E-state index in [4.69, 9.17) is 17.3 Å². The summed E-state index contributed by atoms with van der Waals surface area (Å²) in [7, 11) is 0. The molecule has 16 heavy (non-hydrogen) atoms. The topological polar surface area (TPSA) is 38.9 Å². The second kappa shape index (κ2) is 4.54. The third-order valence-electron chi connectivity index (χ3n) is 2.62. The van der Waals surface area contributed by atoms with Crippen LogP contribution in [-0.2, 0) is 6.42 Å². The predicted molar refractivity (Wildman–Crippen MR) is 67.6 cm³/mol. The largest absolute Gasteiger partial charge is 0.383 e. The highest BCUT2D eigenvalue weighted by atomic mass is 35.5. The van der Waals surface area contributed by atoms with Crippen molar-refractivity contribution in [1.29, 1.82) is 0 Å². The zero-order valence-corrected chi connectivity index (χ0v) is 9.83. The first-order valence-electron chi connectivity index (χ1n) is 5.11. The van der Waals surface area contributed by atoms with E-state index in [1.54, 1.807) is 6.20 Å². The first-order valence-corrected chi connectivity index (χ1v) is 5.49. The number of benzene rings is 1. The minimum Gasteiger partial charge on any atom is -0.383 e. The molecule has 0 unspecified atom stereocenters. The van der Waals surface area contributed by atoms with Gasteiger partial charge in [-0.25, -0.2) is 4.98 Å². The van der Waals surface area contributed by atoms with Gasteiger partial charge in [-0.3, -0.25) is 0 Å². The van der Waals surface area contributed by atoms with Crippen LogP contribution in [0.4, 0.5) is 5.82 Å². The molecule has 0 spiro atoms. The lowest BCUT2D eigenvalue weighted by Gasteiger charge is -2.08. The smallest absolute Gasteiger partial charge is 0.127 e. The fourth-order valence-corrected chi connectivity index (χ4v) is 1.77. The summed E-state index contributed by atoms with van der Waals surface area (Å²) < 4.78 is 0. The van der Waals surface area contributed by atoms with Gasteiger partial charge in [0.05, 0.1) is 0 Å². The van der Waals surface area contributed by atoms with Gasteiger partial charge in [-0.2, -0.15) is 0 Å². The molecule has 82 valence electrons. The molecule has 1 aromatic heterocycles. The first kappa shape index (κ1) is 11.0. The Morgan fingerprint density at radius 2 is 1.88 bits per heavy atom. The van der Waals surface area contributed by atoms with Gasteiger partial charge in [0, 0.05) is 23.2 Å². The molecule has 2 nitrogen and oxygen atoms in total. The van der Waals surface area contributed by atoms with Crippen LogP contribution in [0.15, 0.2) is 36.5 Å². The van der Waals surface area contributed by atoms with Gasteiger partial charge in [-0.1, -0.05) is 23.7 Å². The minimum atomic E-state index is 0.606. The maximum atomic E-state index is 5.86. The quantitative estimate of drug-likeness (QED) is 0.864. The van der Waals surface area contributed by atoms with Crippen LogP contribution in [0.3, 0.4) is 0 Å². The normalized spacial score (nSPS) is 10.4. The molecule has 0 aliphatic rings. The predicted octanol–water partition coefficient (Wildman–Crippen LogP) is 3.22. The molecule has 0 radical (unpaired) electrons. The van der Waals surface area contributed by atoms with Crippen molar-refractivity contribution in [3.05, 3.63) is 58.2 Å². The summed E-state index contributed by atoms with van der Waals surface area (Å²) in [5, 5.41) is 0.750. The van der Waals surface area contributed by atoms with Crippen molar-refractivity contribution in [3.8, 4) is 0 Å². The van der Waals surface area contributed by atoms with Crippen LogP contribution in [0.5, 0.6) is 0 Å². The highest BCUT2D eigenvalue weighted by Gasteiger charge is 2.05. The second-order valence-corrected chi connectivity index (χ2v) is 4.23. The monoisotopic (exact) mass is 232 g/mol. The Hall–Kier alpha value is -1.54. The van der Waals surface area contributed by atoms with Crippen molar-refractivity contribution < 1.29 is 0 Å². The van der Waals surface area contributed by atoms with E-state index in [0.29, 0.717) is 5.82 Å². The molecular weight excluding hydrogens is 220 g/mol. The summed E-state index contributed by atoms with van der Waals surface area (Å²) in [6, 6.07) is 9.77. The Morgan fingerprint density at radius 1 is 1.19 bits per heavy atom. The summed E-state index contributed by atoms with van der Waals surface area (Å²) in [4.78, 5) is 4.11. The Kier molecular flexibility index (Phi) is 3.11. The zero-order chi connectivity index (χ0) is 11.5. The summed E-state index contributed by atoms with van der Waals surface area (Å²) >= 11 is 5.84. The summed E-state index contributed by atoms with van der Waals surface area (Å²) in [5.74, 6) is 0.606. The van der Waals surface area contributed by atoms with Crippen molar-refractivity contribution in [1.82, 2.24) is 4.98 Å². The molecule has 0 saturated carbocycles. The van der Waals surface area contributed by atoms with Crippen molar-refractivity contribution in [2.75, 3.05) is 5.73 Å². The van der Waals surface area contributed by atoms with E-state index in [1.807, 2.05) is 37.3 Å². The number of anilines is 1. The standard InChI is InChI=1S/C13H13ClN2/c1-9-6-7-16-13(15)12(9)8-10-2-4-11(14)5-3-10/h2-7H,8H2,1H3,(H2,15,16). The Labute approximate surface area is 100 Å². The van der Waals surface area contributed by atoms with Gasteiger partial charge in [0.2, 0.25) is 0 Å². The van der Waals surface area contributed by atoms with E-state index in [-0.39, 0.29) is 0 Å². The molecule has 2 rings (SSSR count). The molecule has 0 amide bonds. The third kappa shape index (κ3) is 2.34. The second-order valence-electron chi connectivity index (χ2n) is 3.79. The first-order chi connectivity index (χ1) is 7.66. The number of hydrogen-bond acceptors (Lipinski definition) is 2. The van der Waals surface area contributed by atoms with Crippen molar-refractivity contribution in [3.63, 3.8) is 0 Å². The van der Waals surface area contributed by atoms with Gasteiger partial charge in [-0.15, -0.1) is 0 Å². The highest BCUT2D eigenvalue weighted by Crippen LogP contribution is 2.19. The van der Waals surface area contributed by atoms with E-state index >= 15 is 0 Å². The number of rotatable bonds is 2. The fraction of sp³-hybridized carbons (Fsp3) is 0.154. The van der Waals surface area contributed by atoms with Crippen molar-refractivity contribution in [2.45, 2.75) is 13.3 Å². The number of halogens is 1. The lowest BCUT2D eigenvalue weighted by Crippen LogP contribution is -2.00. The molecule has 0 bridgehead atoms. The van der Waals surface area contributed by atoms with E-state index in [9.17, 15) is 0 Å². The van der Waals surface area contributed by atoms with Gasteiger partial charge in [0.1, 0.15) is 5.82 Å². The SMILES string of the molecule is Cc1ccnc(N)c1Cc1ccc(Cl)cc1. The Bertz CT molecular complexity index is 472. The third-order valence-corrected chi connectivity index (χ3v) is 2.87. The molecule has 0 saturated heterocycles. The summed E-state index contributed by atoms with van der Waals surface area (Å²) in [6.45, 7) is 2.04. The molecule has 1 aromatic carbocycles. The van der Waals surface area contributed by atoms with Crippen LogP contribution >= 0.6 is 11.6 Å². The van der Waals surface area contributed by atoms with E-state index < -0.39 is 0 Å². The number of pyridine rings is 1. The van der Waals surface area contributed by atoms with Gasteiger partial charge in [0.25, 0.3) is 0 Å². The number of hydrogen-bond donors (Lipinski definition) is 1. The maximum Gasteiger partial charge on any atom is 0.127 e. The van der Waals surface area contributed by atoms with Gasteiger partial charge < -0.3 is 5.73 Å². The van der Waals surface area contributed by atoms with Crippen LogP contribution in [0, 0.1) is 6.92 Å². The number of aryl methyl sites for hydroxylation is 1. The van der Waals surface area contributed by atoms with Crippen LogP contribution in [-0.4, -0.2) is 4.98 Å². The Morgan fingerprint density at radius 3 is 2.50 bits per heavy atom. The van der Waals surface area contributed by atoms with Crippen LogP contribution in [0.2, 0.25) is 5.02 Å². The highest BCUT2D eigenvalue weighted by molar-refractivity contribution is 6.30. The number of nitrogens with two attached hydrogens (primary N) is 1. The van der Waals surface area contributed by atoms with Gasteiger partial charge >= 0.3 is 0 Å². The van der Waals surface area contributed by atoms with E-state index in [2.05, 4.69) is 4.98 Å². The average Bonchev–Trinajstić information content (AvgIpc) is 2.26. The molecule has 1 heterocycles.